The van der Waals surface area contributed by atoms with E-state index in [1.165, 1.54) is 5.56 Å². The van der Waals surface area contributed by atoms with Crippen LogP contribution in [0, 0.1) is 5.92 Å². The Morgan fingerprint density at radius 3 is 2.65 bits per heavy atom. The van der Waals surface area contributed by atoms with Crippen molar-refractivity contribution in [3.8, 4) is 0 Å². The molecule has 0 bridgehead atoms. The zero-order valence-corrected chi connectivity index (χ0v) is 21.3. The van der Waals surface area contributed by atoms with Gasteiger partial charge in [0, 0.05) is 37.6 Å². The first-order valence-electron chi connectivity index (χ1n) is 11.4. The van der Waals surface area contributed by atoms with Gasteiger partial charge in [0.05, 0.1) is 11.8 Å². The van der Waals surface area contributed by atoms with Gasteiger partial charge in [-0.15, -0.1) is 24.0 Å². The summed E-state index contributed by atoms with van der Waals surface area (Å²) in [4.78, 5) is 4.71. The first-order chi connectivity index (χ1) is 14.7. The van der Waals surface area contributed by atoms with Crippen LogP contribution in [-0.4, -0.2) is 30.8 Å². The van der Waals surface area contributed by atoms with Gasteiger partial charge in [0.2, 0.25) is 0 Å². The fourth-order valence-electron chi connectivity index (χ4n) is 4.09. The molecule has 172 valence electrons. The van der Waals surface area contributed by atoms with Crippen molar-refractivity contribution in [2.75, 3.05) is 19.7 Å². The number of rotatable bonds is 9. The number of aromatic nitrogens is 1. The molecule has 6 nitrogen and oxygen atoms in total. The number of halogens is 1. The smallest absolute Gasteiger partial charge is 0.191 e. The monoisotopic (exact) mass is 540 g/mol. The molecule has 2 heterocycles. The van der Waals surface area contributed by atoms with Crippen LogP contribution in [-0.2, 0) is 11.3 Å². The van der Waals surface area contributed by atoms with Crippen molar-refractivity contribution in [3.63, 3.8) is 0 Å². The van der Waals surface area contributed by atoms with E-state index in [9.17, 15) is 0 Å². The summed E-state index contributed by atoms with van der Waals surface area (Å²) in [5.41, 5.74) is 2.29. The van der Waals surface area contributed by atoms with Crippen LogP contribution in [0.2, 0.25) is 0 Å². The van der Waals surface area contributed by atoms with Gasteiger partial charge in [-0.2, -0.15) is 0 Å². The van der Waals surface area contributed by atoms with E-state index in [1.54, 1.807) is 0 Å². The lowest BCUT2D eigenvalue weighted by Crippen LogP contribution is -2.42. The number of nitrogens with one attached hydrogen (secondary N) is 2. The maximum Gasteiger partial charge on any atom is 0.191 e. The Bertz CT molecular complexity index is 777. The molecule has 1 aromatic carbocycles. The van der Waals surface area contributed by atoms with E-state index < -0.39 is 0 Å². The molecule has 0 aliphatic carbocycles. The van der Waals surface area contributed by atoms with Crippen LogP contribution in [0.3, 0.4) is 0 Å². The van der Waals surface area contributed by atoms with E-state index in [-0.39, 0.29) is 30.1 Å². The summed E-state index contributed by atoms with van der Waals surface area (Å²) >= 11 is 0. The van der Waals surface area contributed by atoms with Crippen molar-refractivity contribution < 1.29 is 9.26 Å². The highest BCUT2D eigenvalue weighted by Crippen LogP contribution is 2.33. The average Bonchev–Trinajstić information content (AvgIpc) is 3.26. The lowest BCUT2D eigenvalue weighted by atomic mass is 9.89. The molecule has 3 rings (SSSR count). The summed E-state index contributed by atoms with van der Waals surface area (Å²) in [7, 11) is 0. The van der Waals surface area contributed by atoms with Crippen LogP contribution in [0.4, 0.5) is 0 Å². The Balaban J connectivity index is 0.00000341. The molecule has 1 aliphatic rings. The third-order valence-corrected chi connectivity index (χ3v) is 5.82. The molecule has 1 aromatic heterocycles. The SMILES string of the molecule is CCNC(=NCc1cc(C(CC)CC)no1)NCC1CCCOC1c1ccccc1.I. The van der Waals surface area contributed by atoms with Crippen LogP contribution < -0.4 is 10.6 Å². The minimum absolute atomic E-state index is 0. The Morgan fingerprint density at radius 2 is 1.94 bits per heavy atom. The van der Waals surface area contributed by atoms with E-state index in [0.717, 1.165) is 62.8 Å². The fraction of sp³-hybridized carbons (Fsp3) is 0.583. The molecule has 2 unspecified atom stereocenters. The molecule has 0 saturated carbocycles. The van der Waals surface area contributed by atoms with Crippen molar-refractivity contribution in [1.29, 1.82) is 0 Å². The van der Waals surface area contributed by atoms with Crippen LogP contribution in [0.15, 0.2) is 45.9 Å². The van der Waals surface area contributed by atoms with Gasteiger partial charge in [0.25, 0.3) is 0 Å². The molecule has 1 fully saturated rings. The van der Waals surface area contributed by atoms with E-state index in [2.05, 4.69) is 60.8 Å². The van der Waals surface area contributed by atoms with E-state index in [0.29, 0.717) is 18.4 Å². The molecule has 2 N–H and O–H groups in total. The van der Waals surface area contributed by atoms with Gasteiger partial charge in [0.1, 0.15) is 6.54 Å². The summed E-state index contributed by atoms with van der Waals surface area (Å²) in [6, 6.07) is 12.6. The Morgan fingerprint density at radius 1 is 1.16 bits per heavy atom. The molecule has 1 saturated heterocycles. The zero-order chi connectivity index (χ0) is 21.2. The summed E-state index contributed by atoms with van der Waals surface area (Å²) < 4.78 is 11.6. The standard InChI is InChI=1S/C24H36N4O2.HI/c1-4-18(5-2)22-15-21(30-28-22)17-27-24(25-6-3)26-16-20-13-10-14-29-23(20)19-11-8-7-9-12-19;/h7-9,11-12,15,18,20,23H,4-6,10,13-14,16-17H2,1-3H3,(H2,25,26,27);1H. The molecule has 7 heteroatoms. The quantitative estimate of drug-likeness (QED) is 0.253. The molecule has 2 aromatic rings. The van der Waals surface area contributed by atoms with Crippen molar-refractivity contribution in [2.45, 2.75) is 65.0 Å². The predicted octanol–water partition coefficient (Wildman–Crippen LogP) is 5.42. The van der Waals surface area contributed by atoms with Crippen molar-refractivity contribution in [1.82, 2.24) is 15.8 Å². The van der Waals surface area contributed by atoms with Crippen LogP contribution >= 0.6 is 24.0 Å². The van der Waals surface area contributed by atoms with E-state index >= 15 is 0 Å². The molecule has 0 amide bonds. The number of hydrogen-bond acceptors (Lipinski definition) is 4. The van der Waals surface area contributed by atoms with Crippen molar-refractivity contribution >= 4 is 29.9 Å². The van der Waals surface area contributed by atoms with Gasteiger partial charge in [-0.3, -0.25) is 0 Å². The van der Waals surface area contributed by atoms with Gasteiger partial charge >= 0.3 is 0 Å². The Kier molecular flexibility index (Phi) is 11.4. The van der Waals surface area contributed by atoms with Gasteiger partial charge in [0.15, 0.2) is 11.7 Å². The summed E-state index contributed by atoms with van der Waals surface area (Å²) in [5.74, 6) is 2.48. The number of hydrogen-bond donors (Lipinski definition) is 2. The van der Waals surface area contributed by atoms with Gasteiger partial charge < -0.3 is 19.9 Å². The van der Waals surface area contributed by atoms with Crippen molar-refractivity contribution in [2.24, 2.45) is 10.9 Å². The third kappa shape index (κ3) is 7.49. The molecule has 1 aliphatic heterocycles. The highest BCUT2D eigenvalue weighted by Gasteiger charge is 2.27. The number of guanidine groups is 1. The largest absolute Gasteiger partial charge is 0.373 e. The minimum Gasteiger partial charge on any atom is -0.373 e. The first kappa shape index (κ1) is 25.6. The Hall–Kier alpha value is -1.61. The number of nitrogens with zero attached hydrogens (tertiary/aromatic N) is 2. The molecule has 0 radical (unpaired) electrons. The summed E-state index contributed by atoms with van der Waals surface area (Å²) in [5, 5.41) is 11.1. The van der Waals surface area contributed by atoms with Crippen LogP contribution in [0.25, 0.3) is 0 Å². The van der Waals surface area contributed by atoms with Crippen molar-refractivity contribution in [3.05, 3.63) is 53.4 Å². The maximum atomic E-state index is 6.12. The van der Waals surface area contributed by atoms with Crippen LogP contribution in [0.5, 0.6) is 0 Å². The van der Waals surface area contributed by atoms with Crippen LogP contribution in [0.1, 0.15) is 75.5 Å². The zero-order valence-electron chi connectivity index (χ0n) is 19.0. The second kappa shape index (κ2) is 13.7. The minimum atomic E-state index is 0. The average molecular weight is 540 g/mol. The maximum absolute atomic E-state index is 6.12. The molecule has 0 spiro atoms. The highest BCUT2D eigenvalue weighted by molar-refractivity contribution is 14.0. The lowest BCUT2D eigenvalue weighted by Gasteiger charge is -2.32. The normalized spacial score (nSPS) is 19.2. The highest BCUT2D eigenvalue weighted by atomic mass is 127. The summed E-state index contributed by atoms with van der Waals surface area (Å²) in [6.07, 6.45) is 4.52. The van der Waals surface area contributed by atoms with Gasteiger partial charge in [-0.1, -0.05) is 49.3 Å². The topological polar surface area (TPSA) is 71.7 Å². The molecular formula is C24H37IN4O2. The molecular weight excluding hydrogens is 503 g/mol. The molecule has 31 heavy (non-hydrogen) atoms. The lowest BCUT2D eigenvalue weighted by molar-refractivity contribution is -0.0265. The number of benzene rings is 1. The second-order valence-electron chi connectivity index (χ2n) is 7.91. The van der Waals surface area contributed by atoms with Gasteiger partial charge in [-0.05, 0) is 38.2 Å². The first-order valence-corrected chi connectivity index (χ1v) is 11.4. The third-order valence-electron chi connectivity index (χ3n) is 5.82. The van der Waals surface area contributed by atoms with E-state index in [4.69, 9.17) is 14.3 Å². The molecule has 2 atom stereocenters. The van der Waals surface area contributed by atoms with Gasteiger partial charge in [-0.25, -0.2) is 4.99 Å². The second-order valence-corrected chi connectivity index (χ2v) is 7.91. The number of aliphatic imine (C=N–C) groups is 1. The fourth-order valence-corrected chi connectivity index (χ4v) is 4.09. The Labute approximate surface area is 203 Å². The predicted molar refractivity (Wildman–Crippen MR) is 136 cm³/mol. The van der Waals surface area contributed by atoms with E-state index in [1.807, 2.05) is 12.1 Å². The summed E-state index contributed by atoms with van der Waals surface area (Å²) in [6.45, 7) is 9.38. The number of ether oxygens (including phenoxy) is 1.